The summed E-state index contributed by atoms with van der Waals surface area (Å²) >= 11 is 6.05. The number of halogens is 1. The van der Waals surface area contributed by atoms with Crippen molar-refractivity contribution >= 4 is 22.5 Å². The van der Waals surface area contributed by atoms with Crippen molar-refractivity contribution in [3.05, 3.63) is 76.9 Å². The van der Waals surface area contributed by atoms with Crippen molar-refractivity contribution < 1.29 is 0 Å². The summed E-state index contributed by atoms with van der Waals surface area (Å²) in [7, 11) is 0. The molecule has 2 nitrogen and oxygen atoms in total. The van der Waals surface area contributed by atoms with E-state index in [1.54, 1.807) is 0 Å². The number of pyridine rings is 1. The number of hydrogen-bond donors (Lipinski definition) is 1. The van der Waals surface area contributed by atoms with Gasteiger partial charge in [0, 0.05) is 29.2 Å². The van der Waals surface area contributed by atoms with Gasteiger partial charge in [-0.15, -0.1) is 0 Å². The van der Waals surface area contributed by atoms with E-state index >= 15 is 0 Å². The molecular weight excluding hydrogens is 280 g/mol. The van der Waals surface area contributed by atoms with Crippen LogP contribution in [0, 0.1) is 0 Å². The van der Waals surface area contributed by atoms with Gasteiger partial charge in [0.2, 0.25) is 0 Å². The molecule has 3 heteroatoms. The molecule has 1 atom stereocenters. The quantitative estimate of drug-likeness (QED) is 0.752. The van der Waals surface area contributed by atoms with E-state index in [1.165, 1.54) is 16.5 Å². The molecule has 0 saturated heterocycles. The smallest absolute Gasteiger partial charge is 0.0705 e. The van der Waals surface area contributed by atoms with Crippen LogP contribution in [0.25, 0.3) is 10.9 Å². The average Bonchev–Trinajstić information content (AvgIpc) is 2.52. The maximum absolute atomic E-state index is 6.05. The fourth-order valence-electron chi connectivity index (χ4n) is 2.47. The molecule has 0 radical (unpaired) electrons. The number of benzene rings is 2. The molecule has 106 valence electrons. The van der Waals surface area contributed by atoms with Crippen LogP contribution in [-0.4, -0.2) is 4.98 Å². The summed E-state index contributed by atoms with van der Waals surface area (Å²) in [6.45, 7) is 2.95. The third-order valence-electron chi connectivity index (χ3n) is 3.69. The highest BCUT2D eigenvalue weighted by Crippen LogP contribution is 2.20. The Kier molecular flexibility index (Phi) is 4.18. The molecule has 1 heterocycles. The zero-order chi connectivity index (χ0) is 14.7. The highest BCUT2D eigenvalue weighted by atomic mass is 35.5. The minimum Gasteiger partial charge on any atom is -0.306 e. The van der Waals surface area contributed by atoms with Crippen molar-refractivity contribution in [2.24, 2.45) is 0 Å². The van der Waals surface area contributed by atoms with Crippen LogP contribution in [0.2, 0.25) is 5.02 Å². The zero-order valence-corrected chi connectivity index (χ0v) is 12.6. The monoisotopic (exact) mass is 296 g/mol. The molecule has 0 aliphatic carbocycles. The summed E-state index contributed by atoms with van der Waals surface area (Å²) in [5, 5.41) is 5.52. The molecule has 0 bridgehead atoms. The van der Waals surface area contributed by atoms with E-state index in [2.05, 4.69) is 35.4 Å². The van der Waals surface area contributed by atoms with E-state index in [0.717, 1.165) is 17.1 Å². The van der Waals surface area contributed by atoms with Gasteiger partial charge in [-0.2, -0.15) is 0 Å². The summed E-state index contributed by atoms with van der Waals surface area (Å²) in [5.41, 5.74) is 3.49. The minimum absolute atomic E-state index is 0.246. The second kappa shape index (κ2) is 6.25. The standard InChI is InChI=1S/C18H17ClN2/c1-13(14-5-4-6-16(19)11-14)21-12-15-9-10-20-18-8-3-2-7-17(15)18/h2-11,13,21H,12H2,1H3/t13-/m1/s1. The lowest BCUT2D eigenvalue weighted by Gasteiger charge is -2.15. The van der Waals surface area contributed by atoms with Gasteiger partial charge in [-0.3, -0.25) is 4.98 Å². The molecule has 0 fully saturated rings. The third-order valence-corrected chi connectivity index (χ3v) is 3.92. The van der Waals surface area contributed by atoms with Crippen LogP contribution in [-0.2, 0) is 6.54 Å². The van der Waals surface area contributed by atoms with Crippen LogP contribution in [0.15, 0.2) is 60.8 Å². The first-order chi connectivity index (χ1) is 10.2. The first kappa shape index (κ1) is 14.1. The number of fused-ring (bicyclic) bond motifs is 1. The maximum Gasteiger partial charge on any atom is 0.0705 e. The van der Waals surface area contributed by atoms with Crippen molar-refractivity contribution in [2.45, 2.75) is 19.5 Å². The summed E-state index contributed by atoms with van der Waals surface area (Å²) in [6.07, 6.45) is 1.86. The number of para-hydroxylation sites is 1. The van der Waals surface area contributed by atoms with Gasteiger partial charge in [0.25, 0.3) is 0 Å². The molecule has 3 aromatic rings. The lowest BCUT2D eigenvalue weighted by atomic mass is 10.1. The number of hydrogen-bond acceptors (Lipinski definition) is 2. The number of nitrogens with one attached hydrogen (secondary N) is 1. The molecule has 0 aliphatic rings. The predicted octanol–water partition coefficient (Wildman–Crippen LogP) is 4.74. The zero-order valence-electron chi connectivity index (χ0n) is 11.9. The van der Waals surface area contributed by atoms with Gasteiger partial charge in [0.05, 0.1) is 5.52 Å². The van der Waals surface area contributed by atoms with Crippen molar-refractivity contribution in [1.29, 1.82) is 0 Å². The molecule has 0 unspecified atom stereocenters. The third kappa shape index (κ3) is 3.23. The molecule has 1 N–H and O–H groups in total. The van der Waals surface area contributed by atoms with Crippen LogP contribution < -0.4 is 5.32 Å². The topological polar surface area (TPSA) is 24.9 Å². The molecule has 2 aromatic carbocycles. The van der Waals surface area contributed by atoms with Gasteiger partial charge in [0.15, 0.2) is 0 Å². The first-order valence-electron chi connectivity index (χ1n) is 7.05. The van der Waals surface area contributed by atoms with E-state index in [0.29, 0.717) is 0 Å². The Morgan fingerprint density at radius 1 is 1.10 bits per heavy atom. The Bertz CT molecular complexity index is 750. The van der Waals surface area contributed by atoms with Gasteiger partial charge in [-0.05, 0) is 42.3 Å². The highest BCUT2D eigenvalue weighted by Gasteiger charge is 2.07. The van der Waals surface area contributed by atoms with E-state index in [1.807, 2.05) is 42.6 Å². The fraction of sp³-hybridized carbons (Fsp3) is 0.167. The van der Waals surface area contributed by atoms with E-state index < -0.39 is 0 Å². The van der Waals surface area contributed by atoms with E-state index in [9.17, 15) is 0 Å². The molecule has 21 heavy (non-hydrogen) atoms. The van der Waals surface area contributed by atoms with Gasteiger partial charge < -0.3 is 5.32 Å². The van der Waals surface area contributed by atoms with Crippen LogP contribution in [0.3, 0.4) is 0 Å². The minimum atomic E-state index is 0.246. The Morgan fingerprint density at radius 2 is 1.95 bits per heavy atom. The van der Waals surface area contributed by atoms with Gasteiger partial charge in [-0.25, -0.2) is 0 Å². The van der Waals surface area contributed by atoms with Crippen molar-refractivity contribution in [3.8, 4) is 0 Å². The lowest BCUT2D eigenvalue weighted by molar-refractivity contribution is 0.576. The SMILES string of the molecule is C[C@@H](NCc1ccnc2ccccc12)c1cccc(Cl)c1. The second-order valence-electron chi connectivity index (χ2n) is 5.14. The molecule has 0 spiro atoms. The summed E-state index contributed by atoms with van der Waals surface area (Å²) < 4.78 is 0. The van der Waals surface area contributed by atoms with Crippen molar-refractivity contribution in [2.75, 3.05) is 0 Å². The van der Waals surface area contributed by atoms with Crippen LogP contribution in [0.5, 0.6) is 0 Å². The fourth-order valence-corrected chi connectivity index (χ4v) is 2.66. The summed E-state index contributed by atoms with van der Waals surface area (Å²) in [6, 6.07) is 18.5. The Morgan fingerprint density at radius 3 is 2.81 bits per heavy atom. The Hall–Kier alpha value is -1.90. The first-order valence-corrected chi connectivity index (χ1v) is 7.43. The molecular formula is C18H17ClN2. The highest BCUT2D eigenvalue weighted by molar-refractivity contribution is 6.30. The molecule has 0 saturated carbocycles. The van der Waals surface area contributed by atoms with Crippen LogP contribution >= 0.6 is 11.6 Å². The van der Waals surface area contributed by atoms with Crippen molar-refractivity contribution in [1.82, 2.24) is 10.3 Å². The maximum atomic E-state index is 6.05. The molecule has 1 aromatic heterocycles. The second-order valence-corrected chi connectivity index (χ2v) is 5.58. The molecule has 0 aliphatic heterocycles. The summed E-state index contributed by atoms with van der Waals surface area (Å²) in [5.74, 6) is 0. The Balaban J connectivity index is 1.77. The number of nitrogens with zero attached hydrogens (tertiary/aromatic N) is 1. The number of rotatable bonds is 4. The number of aromatic nitrogens is 1. The van der Waals surface area contributed by atoms with E-state index in [-0.39, 0.29) is 6.04 Å². The predicted molar refractivity (Wildman–Crippen MR) is 88.4 cm³/mol. The summed E-state index contributed by atoms with van der Waals surface area (Å²) in [4.78, 5) is 4.39. The lowest BCUT2D eigenvalue weighted by Crippen LogP contribution is -2.18. The Labute approximate surface area is 129 Å². The molecule has 0 amide bonds. The average molecular weight is 297 g/mol. The van der Waals surface area contributed by atoms with Gasteiger partial charge in [0.1, 0.15) is 0 Å². The molecule has 3 rings (SSSR count). The van der Waals surface area contributed by atoms with Crippen LogP contribution in [0.1, 0.15) is 24.1 Å². The van der Waals surface area contributed by atoms with Gasteiger partial charge in [-0.1, -0.05) is 41.9 Å². The largest absolute Gasteiger partial charge is 0.306 e. The van der Waals surface area contributed by atoms with Gasteiger partial charge >= 0.3 is 0 Å². The van der Waals surface area contributed by atoms with E-state index in [4.69, 9.17) is 11.6 Å². The van der Waals surface area contributed by atoms with Crippen molar-refractivity contribution in [3.63, 3.8) is 0 Å². The van der Waals surface area contributed by atoms with Crippen LogP contribution in [0.4, 0.5) is 0 Å². The normalized spacial score (nSPS) is 12.5.